The van der Waals surface area contributed by atoms with E-state index in [4.69, 9.17) is 19.4 Å². The van der Waals surface area contributed by atoms with Gasteiger partial charge in [0.2, 0.25) is 11.4 Å². The van der Waals surface area contributed by atoms with Crippen LogP contribution in [0.1, 0.15) is 218 Å². The maximum atomic E-state index is 14.4. The fourth-order valence-electron chi connectivity index (χ4n) is 10.2. The minimum atomic E-state index is -1.21. The normalized spacial score (nSPS) is 17.7. The molecule has 0 fully saturated rings. The van der Waals surface area contributed by atoms with Crippen molar-refractivity contribution in [3.05, 3.63) is 80.4 Å². The van der Waals surface area contributed by atoms with Gasteiger partial charge in [-0.05, 0) is 95.4 Å². The van der Waals surface area contributed by atoms with E-state index >= 15 is 0 Å². The molecule has 352 valence electrons. The van der Waals surface area contributed by atoms with Gasteiger partial charge in [0.05, 0.1) is 18.9 Å². The number of aromatic amines is 2. The molecule has 0 aromatic carbocycles. The second kappa shape index (κ2) is 24.1. The van der Waals surface area contributed by atoms with Crippen molar-refractivity contribution in [2.75, 3.05) is 13.7 Å². The number of aldehydes is 1. The summed E-state index contributed by atoms with van der Waals surface area (Å²) in [5, 5.41) is 0. The van der Waals surface area contributed by atoms with Gasteiger partial charge in [0.25, 0.3) is 0 Å². The van der Waals surface area contributed by atoms with E-state index in [1.165, 1.54) is 57.6 Å². The standard InChI is InChI=1S/C54H71N4O6.CH4.Mg/c1-12-38-34(7)42-27-46-40(29-59)36(9)41(56-46)26-43-35(8)39(51(57-43)49-50(54(62)63-11)53(61)48-37(10)44(58-52(48)49)28-45(38)55-42)22-23-47(60)64-25-24-33(6)21-15-20-32(5)19-14-18-31(4)17-13-16-30(2)3;;/h24,26-32,35,39,50H,12-23,25H2,1-11H3,(H-,55,56,57,58,59,61);1H4;/q-1;;+2/p+1/b33-24+;;/t31-,32+,35+,39+,50?;;/m1../s1. The van der Waals surface area contributed by atoms with Gasteiger partial charge in [-0.1, -0.05) is 111 Å². The summed E-state index contributed by atoms with van der Waals surface area (Å²) in [4.78, 5) is 71.1. The summed E-state index contributed by atoms with van der Waals surface area (Å²) >= 11 is 0. The first kappa shape index (κ1) is 54.3. The largest absolute Gasteiger partial charge is 2.00 e. The molecule has 1 aliphatic carbocycles. The number of ether oxygens (including phenoxy) is 2. The van der Waals surface area contributed by atoms with Crippen LogP contribution >= 0.6 is 0 Å². The molecule has 3 aliphatic rings. The molecule has 10 nitrogen and oxygen atoms in total. The number of esters is 2. The smallest absolute Gasteiger partial charge is 0.657 e. The van der Waals surface area contributed by atoms with Crippen LogP contribution in [0.15, 0.2) is 29.8 Å². The Morgan fingerprint density at radius 3 is 2.12 bits per heavy atom. The van der Waals surface area contributed by atoms with Gasteiger partial charge in [-0.25, -0.2) is 9.97 Å². The van der Waals surface area contributed by atoms with Crippen LogP contribution < -0.4 is 19.9 Å². The molecule has 11 heteroatoms. The van der Waals surface area contributed by atoms with Gasteiger partial charge in [-0.3, -0.25) is 19.2 Å². The van der Waals surface area contributed by atoms with Crippen LogP contribution in [0, 0.1) is 31.6 Å². The Bertz CT molecular complexity index is 2490. The number of Topliss-reactive ketones (excluding diaryl/α,β-unsaturated/α-hetero) is 1. The summed E-state index contributed by atoms with van der Waals surface area (Å²) in [6.07, 6.45) is 15.4. The van der Waals surface area contributed by atoms with E-state index in [0.29, 0.717) is 62.4 Å². The van der Waals surface area contributed by atoms with E-state index in [0.717, 1.165) is 71.2 Å². The molecule has 66 heavy (non-hydrogen) atoms. The fraction of sp³-hybridized carbons (Fsp3) is 0.564. The van der Waals surface area contributed by atoms with Crippen molar-refractivity contribution in [2.45, 2.75) is 171 Å². The van der Waals surface area contributed by atoms with Crippen LogP contribution in [-0.2, 0) is 19.1 Å². The molecule has 2 N–H and O–H groups in total. The van der Waals surface area contributed by atoms with Gasteiger partial charge < -0.3 is 19.4 Å². The van der Waals surface area contributed by atoms with Gasteiger partial charge in [-0.2, -0.15) is 0 Å². The molecular formula is C55H76MgN4O6+2. The quantitative estimate of drug-likeness (QED) is 0.0358. The van der Waals surface area contributed by atoms with E-state index in [9.17, 15) is 19.2 Å². The van der Waals surface area contributed by atoms with Crippen LogP contribution in [-0.4, -0.2) is 60.8 Å². The molecule has 0 spiro atoms. The molecule has 0 radical (unpaired) electrons. The van der Waals surface area contributed by atoms with E-state index in [-0.39, 0.29) is 67.1 Å². The summed E-state index contributed by atoms with van der Waals surface area (Å²) in [5.41, 5.74) is 11.6. The molecule has 5 heterocycles. The number of methoxy groups -OCH3 is 1. The van der Waals surface area contributed by atoms with Gasteiger partial charge in [-0.15, -0.1) is 22.1 Å². The molecule has 8 bridgehead atoms. The van der Waals surface area contributed by atoms with Crippen LogP contribution in [0.4, 0.5) is 0 Å². The van der Waals surface area contributed by atoms with Crippen molar-refractivity contribution >= 4 is 80.3 Å². The van der Waals surface area contributed by atoms with Crippen molar-refractivity contribution < 1.29 is 38.6 Å². The van der Waals surface area contributed by atoms with Crippen LogP contribution in [0.5, 0.6) is 0 Å². The molecule has 6 rings (SSSR count). The van der Waals surface area contributed by atoms with Crippen LogP contribution in [0.3, 0.4) is 0 Å². The molecule has 2 aliphatic heterocycles. The predicted octanol–water partition coefficient (Wildman–Crippen LogP) is 11.5. The summed E-state index contributed by atoms with van der Waals surface area (Å²) < 4.78 is 11.0. The second-order valence-electron chi connectivity index (χ2n) is 19.5. The van der Waals surface area contributed by atoms with Crippen LogP contribution in [0.25, 0.3) is 33.2 Å². The van der Waals surface area contributed by atoms with E-state index in [1.807, 2.05) is 45.0 Å². The predicted molar refractivity (Wildman–Crippen MR) is 265 cm³/mol. The van der Waals surface area contributed by atoms with Crippen molar-refractivity contribution in [2.24, 2.45) is 17.8 Å². The van der Waals surface area contributed by atoms with E-state index in [1.54, 1.807) is 0 Å². The number of carbonyl (C=O) groups excluding carboxylic acids is 4. The molecule has 0 saturated heterocycles. The Hall–Kier alpha value is -4.35. The zero-order valence-corrected chi connectivity index (χ0v) is 42.5. The summed E-state index contributed by atoms with van der Waals surface area (Å²) in [7, 11) is 1.29. The Kier molecular flexibility index (Phi) is 19.8. The third kappa shape index (κ3) is 12.0. The molecule has 3 aromatic heterocycles. The first-order chi connectivity index (χ1) is 30.6. The number of aryl methyl sites for hydroxylation is 2. The Morgan fingerprint density at radius 1 is 0.848 bits per heavy atom. The summed E-state index contributed by atoms with van der Waals surface area (Å²) in [6.45, 7) is 21.7. The number of allylic oxidation sites excluding steroid dienone is 3. The van der Waals surface area contributed by atoms with Crippen molar-refractivity contribution in [1.82, 2.24) is 9.97 Å². The average Bonchev–Trinajstić information content (AvgIpc) is 3.99. The van der Waals surface area contributed by atoms with Gasteiger partial charge in [0, 0.05) is 34.3 Å². The number of hydrogen-bond donors (Lipinski definition) is 0. The number of hydrogen-bond acceptors (Lipinski definition) is 6. The third-order valence-corrected chi connectivity index (χ3v) is 14.3. The number of nitrogens with one attached hydrogen (secondary N) is 2. The zero-order chi connectivity index (χ0) is 46.4. The Labute approximate surface area is 410 Å². The third-order valence-electron chi connectivity index (χ3n) is 14.3. The average molecular weight is 914 g/mol. The Morgan fingerprint density at radius 2 is 1.48 bits per heavy atom. The number of H-pyrrole nitrogens is 2. The van der Waals surface area contributed by atoms with Crippen molar-refractivity contribution in [3.8, 4) is 0 Å². The fourth-order valence-corrected chi connectivity index (χ4v) is 10.2. The first-order valence-corrected chi connectivity index (χ1v) is 23.9. The Balaban J connectivity index is 0.00000476. The SMILES string of the molecule is C.CCC1=C(C)c2cc3[n-]c(cc4[nH+]c(c5c6[n-]c(cc1[nH+]2)c(C)c6C(=O)C5C(=O)OC)[C@@H](CCC(=O)OC/C=C(\C)CCC[C@@H](C)CCC[C@H](C)CCCC(C)C)[C@@H]4C)c(C)c3C=O.[Mg+2]. The number of carbonyl (C=O) groups is 4. The summed E-state index contributed by atoms with van der Waals surface area (Å²) in [5.74, 6) is -0.717. The molecule has 3 aromatic rings. The van der Waals surface area contributed by atoms with Gasteiger partial charge >= 0.3 is 35.0 Å². The summed E-state index contributed by atoms with van der Waals surface area (Å²) in [6, 6.07) is 5.82. The topological polar surface area (TPSA) is 143 Å². The van der Waals surface area contributed by atoms with Gasteiger partial charge in [0.1, 0.15) is 18.8 Å². The van der Waals surface area contributed by atoms with Gasteiger partial charge in [0.15, 0.2) is 17.2 Å². The van der Waals surface area contributed by atoms with E-state index in [2.05, 4.69) is 58.4 Å². The zero-order valence-electron chi connectivity index (χ0n) is 41.1. The maximum absolute atomic E-state index is 14.4. The minimum absolute atomic E-state index is 0. The number of rotatable bonds is 20. The first-order valence-electron chi connectivity index (χ1n) is 23.9. The molecule has 0 amide bonds. The number of ketones is 1. The second-order valence-corrected chi connectivity index (χ2v) is 19.5. The molecule has 0 saturated carbocycles. The number of fused-ring (bicyclic) bond motifs is 8. The number of aromatic nitrogens is 4. The minimum Gasteiger partial charge on any atom is -0.657 e. The maximum Gasteiger partial charge on any atom is 2.00 e. The van der Waals surface area contributed by atoms with Crippen molar-refractivity contribution in [1.29, 1.82) is 0 Å². The monoisotopic (exact) mass is 913 g/mol. The van der Waals surface area contributed by atoms with Crippen LogP contribution in [0.2, 0.25) is 0 Å². The number of nitrogens with zero attached hydrogens (tertiary/aromatic N) is 2. The molecule has 1 unspecified atom stereocenters. The van der Waals surface area contributed by atoms with Crippen molar-refractivity contribution in [3.63, 3.8) is 0 Å². The van der Waals surface area contributed by atoms with E-state index < -0.39 is 11.9 Å². The molecule has 5 atom stereocenters. The molecular weight excluding hydrogens is 837 g/mol.